The maximum absolute atomic E-state index is 12.5. The van der Waals surface area contributed by atoms with Crippen molar-refractivity contribution < 1.29 is 37.0 Å². The molecule has 1 amide bonds. The van der Waals surface area contributed by atoms with Crippen LogP contribution in [0.4, 0.5) is 18.9 Å². The largest absolute Gasteiger partial charge is 0.482 e. The Morgan fingerprint density at radius 3 is 2.13 bits per heavy atom. The van der Waals surface area contributed by atoms with Gasteiger partial charge in [0.05, 0.1) is 5.56 Å². The highest BCUT2D eigenvalue weighted by Gasteiger charge is 2.30. The summed E-state index contributed by atoms with van der Waals surface area (Å²) in [5, 5.41) is 2.37. The van der Waals surface area contributed by atoms with Gasteiger partial charge in [0.15, 0.2) is 18.5 Å². The van der Waals surface area contributed by atoms with Crippen LogP contribution in [0.3, 0.4) is 0 Å². The van der Waals surface area contributed by atoms with Gasteiger partial charge in [0, 0.05) is 17.7 Å². The van der Waals surface area contributed by atoms with Gasteiger partial charge in [-0.25, -0.2) is 4.79 Å². The lowest BCUT2D eigenvalue weighted by atomic mass is 10.1. The Balaban J connectivity index is 1.81. The van der Waals surface area contributed by atoms with Crippen LogP contribution in [0.5, 0.6) is 5.75 Å². The second-order valence-electron chi connectivity index (χ2n) is 6.29. The standard InChI is InChI=1S/C21H20F3NO5/c1-3-18(26)14-4-10-17(11-5-14)29-12-19(27)30-13(2)20(28)25-16-8-6-15(7-9-16)21(22,23)24/h4-11,13H,3,12H2,1-2H3,(H,25,28)/t13-/m1/s1. The summed E-state index contributed by atoms with van der Waals surface area (Å²) in [6, 6.07) is 10.1. The Labute approximate surface area is 171 Å². The van der Waals surface area contributed by atoms with Crippen molar-refractivity contribution in [2.75, 3.05) is 11.9 Å². The molecule has 0 saturated carbocycles. The van der Waals surface area contributed by atoms with Crippen molar-refractivity contribution in [3.8, 4) is 5.75 Å². The SMILES string of the molecule is CCC(=O)c1ccc(OCC(=O)O[C@H](C)C(=O)Nc2ccc(C(F)(F)F)cc2)cc1. The molecule has 0 aliphatic carbocycles. The number of ketones is 1. The Bertz CT molecular complexity index is 892. The van der Waals surface area contributed by atoms with E-state index in [1.54, 1.807) is 19.1 Å². The van der Waals surface area contributed by atoms with Gasteiger partial charge in [0.25, 0.3) is 5.91 Å². The molecule has 0 bridgehead atoms. The molecule has 0 aliphatic heterocycles. The van der Waals surface area contributed by atoms with Gasteiger partial charge in [-0.2, -0.15) is 13.2 Å². The highest BCUT2D eigenvalue weighted by molar-refractivity contribution is 5.96. The summed E-state index contributed by atoms with van der Waals surface area (Å²) in [6.07, 6.45) is -5.29. The van der Waals surface area contributed by atoms with Crippen LogP contribution in [0.2, 0.25) is 0 Å². The highest BCUT2D eigenvalue weighted by atomic mass is 19.4. The maximum Gasteiger partial charge on any atom is 0.416 e. The molecule has 0 radical (unpaired) electrons. The molecule has 2 rings (SSSR count). The summed E-state index contributed by atoms with van der Waals surface area (Å²) < 4.78 is 47.9. The lowest BCUT2D eigenvalue weighted by molar-refractivity contribution is -0.155. The quantitative estimate of drug-likeness (QED) is 0.507. The second-order valence-corrected chi connectivity index (χ2v) is 6.29. The predicted octanol–water partition coefficient (Wildman–Crippen LogP) is 4.25. The minimum absolute atomic E-state index is 0.0196. The first-order valence-electron chi connectivity index (χ1n) is 9.03. The molecule has 2 aromatic rings. The van der Waals surface area contributed by atoms with Gasteiger partial charge in [-0.3, -0.25) is 9.59 Å². The van der Waals surface area contributed by atoms with Gasteiger partial charge in [-0.1, -0.05) is 6.92 Å². The molecule has 6 nitrogen and oxygen atoms in total. The summed E-state index contributed by atoms with van der Waals surface area (Å²) in [5.74, 6) is -1.18. The van der Waals surface area contributed by atoms with Gasteiger partial charge >= 0.3 is 12.1 Å². The number of rotatable bonds is 8. The summed E-state index contributed by atoms with van der Waals surface area (Å²) in [7, 11) is 0. The number of esters is 1. The van der Waals surface area contributed by atoms with E-state index < -0.39 is 36.3 Å². The first-order valence-corrected chi connectivity index (χ1v) is 9.03. The molecule has 1 N–H and O–H groups in total. The number of benzene rings is 2. The number of hydrogen-bond donors (Lipinski definition) is 1. The number of hydrogen-bond acceptors (Lipinski definition) is 5. The van der Waals surface area contributed by atoms with E-state index in [4.69, 9.17) is 9.47 Å². The average molecular weight is 423 g/mol. The number of Topliss-reactive ketones (excluding diaryl/α,β-unsaturated/α-hetero) is 1. The van der Waals surface area contributed by atoms with Gasteiger partial charge in [-0.15, -0.1) is 0 Å². The summed E-state index contributed by atoms with van der Waals surface area (Å²) in [5.41, 5.74) is -0.181. The van der Waals surface area contributed by atoms with E-state index in [0.29, 0.717) is 17.7 Å². The fourth-order valence-electron chi connectivity index (χ4n) is 2.35. The van der Waals surface area contributed by atoms with Crippen molar-refractivity contribution in [3.05, 3.63) is 59.7 Å². The molecule has 2 aromatic carbocycles. The number of anilines is 1. The van der Waals surface area contributed by atoms with E-state index >= 15 is 0 Å². The monoisotopic (exact) mass is 423 g/mol. The van der Waals surface area contributed by atoms with Crippen molar-refractivity contribution in [1.82, 2.24) is 0 Å². The molecular weight excluding hydrogens is 403 g/mol. The van der Waals surface area contributed by atoms with E-state index in [-0.39, 0.29) is 11.5 Å². The zero-order chi connectivity index (χ0) is 22.3. The van der Waals surface area contributed by atoms with Gasteiger partial charge in [0.2, 0.25) is 0 Å². The Hall–Kier alpha value is -3.36. The van der Waals surface area contributed by atoms with E-state index in [1.165, 1.54) is 19.1 Å². The van der Waals surface area contributed by atoms with Crippen LogP contribution in [-0.4, -0.2) is 30.4 Å². The molecule has 9 heteroatoms. The molecule has 0 fully saturated rings. The van der Waals surface area contributed by atoms with Gasteiger partial charge in [0.1, 0.15) is 5.75 Å². The number of carbonyl (C=O) groups excluding carboxylic acids is 3. The molecule has 160 valence electrons. The molecular formula is C21H20F3NO5. The van der Waals surface area contributed by atoms with Crippen LogP contribution in [-0.2, 0) is 20.5 Å². The summed E-state index contributed by atoms with van der Waals surface area (Å²) in [6.45, 7) is 2.61. The zero-order valence-electron chi connectivity index (χ0n) is 16.3. The van der Waals surface area contributed by atoms with E-state index in [1.807, 2.05) is 0 Å². The summed E-state index contributed by atoms with van der Waals surface area (Å²) >= 11 is 0. The molecule has 0 aromatic heterocycles. The van der Waals surface area contributed by atoms with Crippen LogP contribution < -0.4 is 10.1 Å². The van der Waals surface area contributed by atoms with E-state index in [9.17, 15) is 27.6 Å². The van der Waals surface area contributed by atoms with E-state index in [2.05, 4.69) is 5.32 Å². The van der Waals surface area contributed by atoms with Crippen LogP contribution in [0.1, 0.15) is 36.2 Å². The number of alkyl halides is 3. The topological polar surface area (TPSA) is 81.7 Å². The third-order valence-corrected chi connectivity index (χ3v) is 4.01. The van der Waals surface area contributed by atoms with E-state index in [0.717, 1.165) is 24.3 Å². The molecule has 0 aliphatic rings. The van der Waals surface area contributed by atoms with Crippen LogP contribution in [0, 0.1) is 0 Å². The minimum Gasteiger partial charge on any atom is -0.482 e. The number of ether oxygens (including phenoxy) is 2. The van der Waals surface area contributed by atoms with Crippen LogP contribution >= 0.6 is 0 Å². The normalized spacial score (nSPS) is 12.0. The van der Waals surface area contributed by atoms with Crippen molar-refractivity contribution in [2.24, 2.45) is 0 Å². The molecule has 1 atom stereocenters. The number of carbonyl (C=O) groups is 3. The number of nitrogens with one attached hydrogen (secondary N) is 1. The average Bonchev–Trinajstić information content (AvgIpc) is 2.71. The molecule has 0 spiro atoms. The lowest BCUT2D eigenvalue weighted by Gasteiger charge is -2.14. The van der Waals surface area contributed by atoms with Crippen molar-refractivity contribution in [2.45, 2.75) is 32.5 Å². The first-order chi connectivity index (χ1) is 14.1. The fourth-order valence-corrected chi connectivity index (χ4v) is 2.35. The third kappa shape index (κ3) is 6.61. The third-order valence-electron chi connectivity index (χ3n) is 4.01. The Morgan fingerprint density at radius 1 is 1.00 bits per heavy atom. The van der Waals surface area contributed by atoms with Crippen LogP contribution in [0.25, 0.3) is 0 Å². The van der Waals surface area contributed by atoms with Gasteiger partial charge in [-0.05, 0) is 55.5 Å². The molecule has 0 unspecified atom stereocenters. The predicted molar refractivity (Wildman–Crippen MR) is 102 cm³/mol. The molecule has 30 heavy (non-hydrogen) atoms. The Morgan fingerprint density at radius 2 is 1.60 bits per heavy atom. The lowest BCUT2D eigenvalue weighted by Crippen LogP contribution is -2.31. The van der Waals surface area contributed by atoms with Crippen molar-refractivity contribution >= 4 is 23.3 Å². The molecule has 0 saturated heterocycles. The van der Waals surface area contributed by atoms with Crippen molar-refractivity contribution in [1.29, 1.82) is 0 Å². The smallest absolute Gasteiger partial charge is 0.416 e. The second kappa shape index (κ2) is 9.91. The van der Waals surface area contributed by atoms with Crippen LogP contribution in [0.15, 0.2) is 48.5 Å². The number of amides is 1. The van der Waals surface area contributed by atoms with Crippen molar-refractivity contribution in [3.63, 3.8) is 0 Å². The summed E-state index contributed by atoms with van der Waals surface area (Å²) in [4.78, 5) is 35.5. The Kier molecular flexibility index (Phi) is 7.57. The van der Waals surface area contributed by atoms with Gasteiger partial charge < -0.3 is 14.8 Å². The zero-order valence-corrected chi connectivity index (χ0v) is 16.3. The highest BCUT2D eigenvalue weighted by Crippen LogP contribution is 2.29. The molecule has 0 heterocycles. The first kappa shape index (κ1) is 22.9. The number of halogens is 3. The minimum atomic E-state index is -4.47. The fraction of sp³-hybridized carbons (Fsp3) is 0.286. The maximum atomic E-state index is 12.5.